The van der Waals surface area contributed by atoms with Gasteiger partial charge in [0.15, 0.2) is 0 Å². The molecule has 52 valence electrons. The van der Waals surface area contributed by atoms with Crippen LogP contribution in [0.3, 0.4) is 0 Å². The van der Waals surface area contributed by atoms with E-state index in [2.05, 4.69) is 0 Å². The summed E-state index contributed by atoms with van der Waals surface area (Å²) in [6, 6.07) is 0. The molecule has 0 aliphatic heterocycles. The summed E-state index contributed by atoms with van der Waals surface area (Å²) in [7, 11) is 0. The Morgan fingerprint density at radius 3 is 2.89 bits per heavy atom. The summed E-state index contributed by atoms with van der Waals surface area (Å²) in [6.07, 6.45) is -0.276. The normalized spacial score (nSPS) is 14.9. The zero-order chi connectivity index (χ0) is 9.78. The molecule has 0 spiro atoms. The first-order valence-corrected chi connectivity index (χ1v) is 2.34. The van der Waals surface area contributed by atoms with Gasteiger partial charge in [-0.15, -0.1) is 0 Å². The van der Waals surface area contributed by atoms with Crippen molar-refractivity contribution in [3.8, 4) is 0 Å². The van der Waals surface area contributed by atoms with Crippen molar-refractivity contribution in [3.63, 3.8) is 0 Å². The lowest BCUT2D eigenvalue weighted by molar-refractivity contribution is -0.136. The predicted molar refractivity (Wildman–Crippen MR) is 30.9 cm³/mol. The summed E-state index contributed by atoms with van der Waals surface area (Å²) >= 11 is 0. The molecule has 0 saturated carbocycles. The number of carboxylic acid groups (broad SMARTS) is 1. The maximum absolute atomic E-state index is 10.6. The van der Waals surface area contributed by atoms with Gasteiger partial charge in [-0.05, 0) is 0 Å². The highest BCUT2D eigenvalue weighted by atomic mass is 16.4. The molecular formula is C5H9NO3. The summed E-state index contributed by atoms with van der Waals surface area (Å²) in [5.74, 6) is -2.20. The average molecular weight is 134 g/mol. The van der Waals surface area contributed by atoms with Crippen LogP contribution in [-0.4, -0.2) is 23.5 Å². The molecule has 0 radical (unpaired) electrons. The van der Waals surface area contributed by atoms with Crippen LogP contribution in [0.4, 0.5) is 0 Å². The van der Waals surface area contributed by atoms with Crippen LogP contribution in [0.2, 0.25) is 0 Å². The molecule has 0 heterocycles. The summed E-state index contributed by atoms with van der Waals surface area (Å²) in [4.78, 5) is 20.5. The Labute approximate surface area is 57.1 Å². The van der Waals surface area contributed by atoms with Crippen LogP contribution in [0.15, 0.2) is 0 Å². The Hall–Kier alpha value is -1.06. The molecule has 0 aromatic heterocycles. The van der Waals surface area contributed by atoms with Crippen molar-refractivity contribution in [1.82, 2.24) is 5.32 Å². The van der Waals surface area contributed by atoms with Crippen LogP contribution in [0.1, 0.15) is 17.4 Å². The fraction of sp³-hybridized carbons (Fsp3) is 0.600. The van der Waals surface area contributed by atoms with E-state index in [1.165, 1.54) is 0 Å². The summed E-state index contributed by atoms with van der Waals surface area (Å²) in [5, 5.41) is 10.1. The number of carbonyl (C=O) groups excluding carboxylic acids is 1. The van der Waals surface area contributed by atoms with E-state index in [4.69, 9.17) is 9.22 Å². The summed E-state index contributed by atoms with van der Waals surface area (Å²) in [6.45, 7) is -2.86. The number of carboxylic acids is 1. The standard InChI is InChI=1S/C5H9NO3/c1-4(7)6-3-2-5(8)9/h2-3H2,1H3,(H,6,7)(H,8,9)/i1D3. The van der Waals surface area contributed by atoms with Crippen LogP contribution in [0.25, 0.3) is 0 Å². The van der Waals surface area contributed by atoms with E-state index in [9.17, 15) is 9.59 Å². The van der Waals surface area contributed by atoms with Crippen LogP contribution >= 0.6 is 0 Å². The van der Waals surface area contributed by atoms with Gasteiger partial charge in [0.05, 0.1) is 6.42 Å². The SMILES string of the molecule is [2H]C([2H])([2H])C(=O)NCCC(=O)O. The number of rotatable bonds is 3. The fourth-order valence-corrected chi connectivity index (χ4v) is 0.283. The lowest BCUT2D eigenvalue weighted by atomic mass is 10.4. The zero-order valence-electron chi connectivity index (χ0n) is 7.68. The Bertz CT molecular complexity index is 189. The monoisotopic (exact) mass is 134 g/mol. The lowest BCUT2D eigenvalue weighted by Gasteiger charge is -1.95. The number of carbonyl (C=O) groups is 2. The second-order valence-electron chi connectivity index (χ2n) is 1.40. The molecule has 0 aliphatic carbocycles. The molecule has 0 saturated heterocycles. The number of aliphatic carboxylic acids is 1. The molecular weight excluding hydrogens is 122 g/mol. The van der Waals surface area contributed by atoms with E-state index in [1.54, 1.807) is 0 Å². The molecule has 0 fully saturated rings. The molecule has 0 unspecified atom stereocenters. The molecule has 1 amide bonds. The van der Waals surface area contributed by atoms with Crippen molar-refractivity contribution < 1.29 is 18.8 Å². The van der Waals surface area contributed by atoms with Crippen molar-refractivity contribution in [2.24, 2.45) is 0 Å². The quantitative estimate of drug-likeness (QED) is 0.551. The van der Waals surface area contributed by atoms with E-state index >= 15 is 0 Å². The van der Waals surface area contributed by atoms with E-state index in [0.29, 0.717) is 0 Å². The molecule has 2 N–H and O–H groups in total. The molecule has 0 aromatic rings. The van der Waals surface area contributed by atoms with Crippen molar-refractivity contribution in [2.45, 2.75) is 13.3 Å². The third-order valence-electron chi connectivity index (χ3n) is 0.624. The Morgan fingerprint density at radius 2 is 2.44 bits per heavy atom. The minimum absolute atomic E-state index is 0.160. The molecule has 0 aromatic carbocycles. The van der Waals surface area contributed by atoms with Gasteiger partial charge in [-0.1, -0.05) is 0 Å². The van der Waals surface area contributed by atoms with Crippen molar-refractivity contribution in [3.05, 3.63) is 0 Å². The van der Waals surface area contributed by atoms with Gasteiger partial charge in [0, 0.05) is 17.5 Å². The molecule has 4 heteroatoms. The zero-order valence-corrected chi connectivity index (χ0v) is 4.68. The van der Waals surface area contributed by atoms with E-state index in [-0.39, 0.29) is 13.0 Å². The van der Waals surface area contributed by atoms with Gasteiger partial charge in [-0.3, -0.25) is 9.59 Å². The Morgan fingerprint density at radius 1 is 1.78 bits per heavy atom. The van der Waals surface area contributed by atoms with Gasteiger partial charge in [0.1, 0.15) is 0 Å². The van der Waals surface area contributed by atoms with Gasteiger partial charge in [0.2, 0.25) is 5.91 Å². The van der Waals surface area contributed by atoms with Gasteiger partial charge in [-0.25, -0.2) is 0 Å². The number of hydrogen-bond donors (Lipinski definition) is 2. The molecule has 0 atom stereocenters. The van der Waals surface area contributed by atoms with E-state index in [0.717, 1.165) is 0 Å². The van der Waals surface area contributed by atoms with E-state index in [1.807, 2.05) is 5.32 Å². The van der Waals surface area contributed by atoms with Gasteiger partial charge >= 0.3 is 5.97 Å². The second kappa shape index (κ2) is 3.88. The van der Waals surface area contributed by atoms with E-state index < -0.39 is 18.7 Å². The third-order valence-corrected chi connectivity index (χ3v) is 0.624. The first-order valence-electron chi connectivity index (χ1n) is 3.84. The Kier molecular flexibility index (Phi) is 1.67. The number of nitrogens with one attached hydrogen (secondary N) is 1. The average Bonchev–Trinajstić information content (AvgIpc) is 1.84. The second-order valence-corrected chi connectivity index (χ2v) is 1.40. The smallest absolute Gasteiger partial charge is 0.305 e. The minimum atomic E-state index is -2.70. The summed E-state index contributed by atoms with van der Waals surface area (Å²) < 4.78 is 19.8. The van der Waals surface area contributed by atoms with Crippen molar-refractivity contribution >= 4 is 11.9 Å². The number of hydrogen-bond acceptors (Lipinski definition) is 2. The fourth-order valence-electron chi connectivity index (χ4n) is 0.283. The largest absolute Gasteiger partial charge is 0.481 e. The highest BCUT2D eigenvalue weighted by Gasteiger charge is 1.95. The van der Waals surface area contributed by atoms with Crippen molar-refractivity contribution in [2.75, 3.05) is 6.54 Å². The van der Waals surface area contributed by atoms with Gasteiger partial charge < -0.3 is 10.4 Å². The van der Waals surface area contributed by atoms with Gasteiger partial charge in [0.25, 0.3) is 0 Å². The van der Waals surface area contributed by atoms with Crippen molar-refractivity contribution in [1.29, 1.82) is 0 Å². The Balaban J connectivity index is 3.66. The first kappa shape index (κ1) is 3.87. The minimum Gasteiger partial charge on any atom is -0.481 e. The molecule has 0 rings (SSSR count). The summed E-state index contributed by atoms with van der Waals surface area (Å²) in [5.41, 5.74) is 0. The van der Waals surface area contributed by atoms with Crippen LogP contribution in [0, 0.1) is 0 Å². The maximum atomic E-state index is 10.6. The van der Waals surface area contributed by atoms with Crippen LogP contribution in [-0.2, 0) is 9.59 Å². The molecule has 9 heavy (non-hydrogen) atoms. The highest BCUT2D eigenvalue weighted by Crippen LogP contribution is 1.73. The highest BCUT2D eigenvalue weighted by molar-refractivity contribution is 5.74. The topological polar surface area (TPSA) is 66.4 Å². The molecule has 4 nitrogen and oxygen atoms in total. The predicted octanol–water partition coefficient (Wildman–Crippen LogP) is -0.403. The number of amides is 1. The third kappa shape index (κ3) is 6.94. The first-order chi connectivity index (χ1) is 5.34. The molecule has 0 aliphatic rings. The molecule has 0 bridgehead atoms. The maximum Gasteiger partial charge on any atom is 0.305 e. The van der Waals surface area contributed by atoms with Crippen LogP contribution in [0.5, 0.6) is 0 Å². The van der Waals surface area contributed by atoms with Crippen LogP contribution < -0.4 is 5.32 Å². The lowest BCUT2D eigenvalue weighted by Crippen LogP contribution is -2.22. The van der Waals surface area contributed by atoms with Gasteiger partial charge in [-0.2, -0.15) is 0 Å².